The number of quaternary nitrogens is 1. The number of phosphoric ester groups is 1. The molecule has 9 heteroatoms. The van der Waals surface area contributed by atoms with E-state index in [0.717, 1.165) is 51.4 Å². The molecule has 0 aromatic heterocycles. The summed E-state index contributed by atoms with van der Waals surface area (Å²) in [6.07, 6.45) is 47.9. The first-order valence-electron chi connectivity index (χ1n) is 23.4. The maximum atomic E-state index is 12.9. The van der Waals surface area contributed by atoms with E-state index in [4.69, 9.17) is 9.05 Å². The van der Waals surface area contributed by atoms with Gasteiger partial charge in [0.05, 0.1) is 39.9 Å². The smallest absolute Gasteiger partial charge is 0.387 e. The first kappa shape index (κ1) is 54.7. The van der Waals surface area contributed by atoms with Crippen molar-refractivity contribution in [2.45, 2.75) is 219 Å². The number of hydrogen-bond donors (Lipinski definition) is 3. The van der Waals surface area contributed by atoms with Crippen molar-refractivity contribution in [1.29, 1.82) is 0 Å². The quantitative estimate of drug-likeness (QED) is 0.0245. The average Bonchev–Trinajstić information content (AvgIpc) is 3.15. The fourth-order valence-corrected chi connectivity index (χ4v) is 7.32. The van der Waals surface area contributed by atoms with Gasteiger partial charge in [0, 0.05) is 6.42 Å². The van der Waals surface area contributed by atoms with Crippen molar-refractivity contribution < 1.29 is 32.9 Å². The normalized spacial score (nSPS) is 14.6. The zero-order valence-corrected chi connectivity index (χ0v) is 38.3. The second kappa shape index (κ2) is 39.2. The molecule has 0 spiro atoms. The third-order valence-electron chi connectivity index (χ3n) is 10.3. The molecule has 0 aliphatic heterocycles. The number of nitrogens with one attached hydrogen (secondary N) is 1. The van der Waals surface area contributed by atoms with Crippen LogP contribution in [0.1, 0.15) is 206 Å². The van der Waals surface area contributed by atoms with Crippen molar-refractivity contribution in [3.05, 3.63) is 36.5 Å². The van der Waals surface area contributed by atoms with Crippen LogP contribution in [0.3, 0.4) is 0 Å². The predicted octanol–water partition coefficient (Wildman–Crippen LogP) is 13.1. The number of unbranched alkanes of at least 4 members (excludes halogenated alkanes) is 25. The molecule has 56 heavy (non-hydrogen) atoms. The van der Waals surface area contributed by atoms with Gasteiger partial charge in [-0.3, -0.25) is 13.8 Å². The molecule has 330 valence electrons. The summed E-state index contributed by atoms with van der Waals surface area (Å²) in [5.41, 5.74) is 0. The topological polar surface area (TPSA) is 105 Å². The van der Waals surface area contributed by atoms with Crippen LogP contribution < -0.4 is 5.32 Å². The summed E-state index contributed by atoms with van der Waals surface area (Å²) in [7, 11) is 1.55. The Balaban J connectivity index is 4.45. The van der Waals surface area contributed by atoms with E-state index in [1.807, 2.05) is 27.2 Å². The first-order valence-corrected chi connectivity index (χ1v) is 24.9. The van der Waals surface area contributed by atoms with Gasteiger partial charge in [-0.25, -0.2) is 4.57 Å². The van der Waals surface area contributed by atoms with Gasteiger partial charge in [-0.1, -0.05) is 179 Å². The number of carbonyl (C=O) groups is 1. The number of aliphatic hydroxyl groups is 1. The van der Waals surface area contributed by atoms with E-state index >= 15 is 0 Å². The van der Waals surface area contributed by atoms with E-state index in [-0.39, 0.29) is 19.1 Å². The molecule has 0 aromatic carbocycles. The Morgan fingerprint density at radius 2 is 0.982 bits per heavy atom. The van der Waals surface area contributed by atoms with Crippen LogP contribution >= 0.6 is 7.82 Å². The van der Waals surface area contributed by atoms with E-state index < -0.39 is 20.0 Å². The summed E-state index contributed by atoms with van der Waals surface area (Å²) in [5, 5.41) is 13.8. The fraction of sp³-hybridized carbons (Fsp3) is 0.851. The predicted molar refractivity (Wildman–Crippen MR) is 240 cm³/mol. The van der Waals surface area contributed by atoms with Gasteiger partial charge in [-0.2, -0.15) is 0 Å². The number of phosphoric acid groups is 1. The van der Waals surface area contributed by atoms with Gasteiger partial charge in [0.15, 0.2) is 0 Å². The molecular weight excluding hydrogens is 719 g/mol. The van der Waals surface area contributed by atoms with Gasteiger partial charge >= 0.3 is 7.82 Å². The summed E-state index contributed by atoms with van der Waals surface area (Å²) < 4.78 is 23.6. The third-order valence-corrected chi connectivity index (χ3v) is 11.3. The SMILES string of the molecule is CCCCCCCCCCC/C=C\CCCCCCCC(=O)NC(COP(=O)(O)OCC[N+](C)(C)C)C(O)/C=C/CC/C=C/CCCCCCCCCCCC. The number of carbonyl (C=O) groups excluding carboxylic acids is 1. The number of amides is 1. The van der Waals surface area contributed by atoms with Crippen LogP contribution in [0.5, 0.6) is 0 Å². The van der Waals surface area contributed by atoms with Crippen molar-refractivity contribution in [2.24, 2.45) is 0 Å². The van der Waals surface area contributed by atoms with E-state index in [1.54, 1.807) is 6.08 Å². The molecule has 8 nitrogen and oxygen atoms in total. The summed E-state index contributed by atoms with van der Waals surface area (Å²) in [6.45, 7) is 4.79. The monoisotopic (exact) mass is 812 g/mol. The second-order valence-corrected chi connectivity index (χ2v) is 18.6. The Kier molecular flexibility index (Phi) is 38.3. The van der Waals surface area contributed by atoms with Crippen LogP contribution in [0.2, 0.25) is 0 Å². The summed E-state index contributed by atoms with van der Waals surface area (Å²) in [6, 6.07) is -0.865. The zero-order valence-electron chi connectivity index (χ0n) is 37.4. The van der Waals surface area contributed by atoms with Gasteiger partial charge in [-0.15, -0.1) is 0 Å². The van der Waals surface area contributed by atoms with Gasteiger partial charge in [-0.05, 0) is 57.8 Å². The van der Waals surface area contributed by atoms with Crippen LogP contribution in [0.4, 0.5) is 0 Å². The number of rotatable bonds is 42. The molecule has 0 saturated heterocycles. The molecule has 0 fully saturated rings. The molecule has 0 bridgehead atoms. The Hall–Kier alpha value is -1.28. The number of nitrogens with zero attached hydrogens (tertiary/aromatic N) is 1. The molecule has 0 heterocycles. The minimum absolute atomic E-state index is 0.0547. The summed E-state index contributed by atoms with van der Waals surface area (Å²) in [4.78, 5) is 23.1. The maximum Gasteiger partial charge on any atom is 0.472 e. The largest absolute Gasteiger partial charge is 0.472 e. The van der Waals surface area contributed by atoms with Crippen molar-refractivity contribution >= 4 is 13.7 Å². The minimum Gasteiger partial charge on any atom is -0.387 e. The minimum atomic E-state index is -4.35. The fourth-order valence-electron chi connectivity index (χ4n) is 6.58. The van der Waals surface area contributed by atoms with Crippen LogP contribution in [-0.4, -0.2) is 73.4 Å². The van der Waals surface area contributed by atoms with Crippen LogP contribution in [0.15, 0.2) is 36.5 Å². The second-order valence-electron chi connectivity index (χ2n) is 17.1. The number of aliphatic hydroxyl groups excluding tert-OH is 1. The lowest BCUT2D eigenvalue weighted by Crippen LogP contribution is -2.45. The summed E-state index contributed by atoms with van der Waals surface area (Å²) >= 11 is 0. The Bertz CT molecular complexity index is 1010. The molecule has 0 saturated carbocycles. The molecule has 0 aliphatic rings. The molecule has 0 rings (SSSR count). The van der Waals surface area contributed by atoms with Gasteiger partial charge in [0.2, 0.25) is 5.91 Å². The molecule has 3 atom stereocenters. The standard InChI is InChI=1S/C47H91N2O6P/c1-6-8-10-12-14-16-18-20-22-24-25-27-29-31-33-35-37-39-41-47(51)48-45(44-55-56(52,53)54-43-42-49(3,4)5)46(50)40-38-36-34-32-30-28-26-23-21-19-17-15-13-11-9-7-2/h25,27,30,32,38,40,45-46,50H,6-24,26,28-29,31,33-37,39,41-44H2,1-5H3,(H-,48,51,52,53)/p+1/b27-25-,32-30+,40-38+. The van der Waals surface area contributed by atoms with E-state index in [2.05, 4.69) is 43.5 Å². The van der Waals surface area contributed by atoms with Gasteiger partial charge in [0.1, 0.15) is 13.2 Å². The maximum absolute atomic E-state index is 12.9. The zero-order chi connectivity index (χ0) is 41.4. The molecule has 0 aromatic rings. The number of likely N-dealkylation sites (N-methyl/N-ethyl adjacent to an activating group) is 1. The van der Waals surface area contributed by atoms with Crippen molar-refractivity contribution in [3.63, 3.8) is 0 Å². The Morgan fingerprint density at radius 3 is 1.43 bits per heavy atom. The number of allylic oxidation sites excluding steroid dienone is 5. The Labute approximate surface area is 347 Å². The lowest BCUT2D eigenvalue weighted by atomic mass is 10.1. The highest BCUT2D eigenvalue weighted by atomic mass is 31.2. The molecule has 3 unspecified atom stereocenters. The van der Waals surface area contributed by atoms with Crippen LogP contribution in [0.25, 0.3) is 0 Å². The third kappa shape index (κ3) is 40.9. The van der Waals surface area contributed by atoms with E-state index in [0.29, 0.717) is 17.4 Å². The van der Waals surface area contributed by atoms with Crippen LogP contribution in [-0.2, 0) is 18.4 Å². The molecule has 1 amide bonds. The van der Waals surface area contributed by atoms with Gasteiger partial charge in [0.25, 0.3) is 0 Å². The highest BCUT2D eigenvalue weighted by molar-refractivity contribution is 7.47. The van der Waals surface area contributed by atoms with Gasteiger partial charge < -0.3 is 19.8 Å². The lowest BCUT2D eigenvalue weighted by Gasteiger charge is -2.25. The van der Waals surface area contributed by atoms with E-state index in [9.17, 15) is 19.4 Å². The molecule has 0 radical (unpaired) electrons. The summed E-state index contributed by atoms with van der Waals surface area (Å²) in [5.74, 6) is -0.195. The highest BCUT2D eigenvalue weighted by Gasteiger charge is 2.27. The molecule has 0 aliphatic carbocycles. The lowest BCUT2D eigenvalue weighted by molar-refractivity contribution is -0.870. The van der Waals surface area contributed by atoms with Crippen molar-refractivity contribution in [3.8, 4) is 0 Å². The van der Waals surface area contributed by atoms with Crippen molar-refractivity contribution in [2.75, 3.05) is 40.9 Å². The van der Waals surface area contributed by atoms with Crippen molar-refractivity contribution in [1.82, 2.24) is 5.32 Å². The highest BCUT2D eigenvalue weighted by Crippen LogP contribution is 2.43. The van der Waals surface area contributed by atoms with E-state index in [1.165, 1.54) is 135 Å². The molecule has 3 N–H and O–H groups in total. The first-order chi connectivity index (χ1) is 27.0. The number of hydrogen-bond acceptors (Lipinski definition) is 5. The van der Waals surface area contributed by atoms with Crippen LogP contribution in [0, 0.1) is 0 Å². The Morgan fingerprint density at radius 1 is 0.589 bits per heavy atom. The molecular formula is C47H92N2O6P+. The average molecular weight is 812 g/mol.